The molecule has 0 radical (unpaired) electrons. The highest BCUT2D eigenvalue weighted by molar-refractivity contribution is 5.76. The minimum absolute atomic E-state index is 0.00707. The predicted octanol–water partition coefficient (Wildman–Crippen LogP) is 1.62. The van der Waals surface area contributed by atoms with Crippen LogP contribution in [0.3, 0.4) is 0 Å². The Labute approximate surface area is 123 Å². The Morgan fingerprint density at radius 2 is 2.19 bits per heavy atom. The maximum Gasteiger partial charge on any atom is 0.348 e. The number of aromatic nitrogens is 2. The number of ether oxygens (including phenoxy) is 1. The van der Waals surface area contributed by atoms with E-state index in [1.807, 2.05) is 0 Å². The lowest BCUT2D eigenvalue weighted by molar-refractivity contribution is -0.138. The van der Waals surface area contributed by atoms with Crippen LogP contribution in [0.2, 0.25) is 0 Å². The van der Waals surface area contributed by atoms with Crippen LogP contribution in [0.5, 0.6) is 0 Å². The van der Waals surface area contributed by atoms with Gasteiger partial charge in [0.1, 0.15) is 0 Å². The molecule has 116 valence electrons. The molecule has 0 bridgehead atoms. The minimum Gasteiger partial charge on any atom is -0.481 e. The van der Waals surface area contributed by atoms with E-state index in [2.05, 4.69) is 4.98 Å². The Kier molecular flexibility index (Phi) is 4.77. The van der Waals surface area contributed by atoms with Gasteiger partial charge in [0.25, 0.3) is 0 Å². The van der Waals surface area contributed by atoms with Crippen LogP contribution in [0.4, 0.5) is 0 Å². The number of aliphatic carboxylic acids is 1. The fourth-order valence-corrected chi connectivity index (χ4v) is 2.93. The molecule has 0 saturated carbocycles. The Morgan fingerprint density at radius 1 is 1.48 bits per heavy atom. The molecule has 2 rings (SSSR count). The molecule has 0 amide bonds. The van der Waals surface area contributed by atoms with Gasteiger partial charge in [-0.05, 0) is 40.0 Å². The second kappa shape index (κ2) is 6.39. The highest BCUT2D eigenvalue weighted by Gasteiger charge is 2.24. The SMILES string of the molecule is Cc1nc(=O)n(CC2CCCCO2)c(C)c1C(C)C(=O)O. The fourth-order valence-electron chi connectivity index (χ4n) is 2.93. The minimum atomic E-state index is -0.915. The van der Waals surface area contributed by atoms with Crippen molar-refractivity contribution in [1.29, 1.82) is 0 Å². The first-order chi connectivity index (χ1) is 9.91. The van der Waals surface area contributed by atoms with Gasteiger partial charge in [0.15, 0.2) is 0 Å². The van der Waals surface area contributed by atoms with Crippen molar-refractivity contribution in [3.8, 4) is 0 Å². The summed E-state index contributed by atoms with van der Waals surface area (Å²) >= 11 is 0. The number of hydrogen-bond acceptors (Lipinski definition) is 4. The number of nitrogens with zero attached hydrogens (tertiary/aromatic N) is 2. The van der Waals surface area contributed by atoms with Crippen LogP contribution in [0, 0.1) is 13.8 Å². The fraction of sp³-hybridized carbons (Fsp3) is 0.667. The summed E-state index contributed by atoms with van der Waals surface area (Å²) in [6.07, 6.45) is 3.07. The number of carboxylic acids is 1. The van der Waals surface area contributed by atoms with Crippen molar-refractivity contribution in [2.45, 2.75) is 58.6 Å². The van der Waals surface area contributed by atoms with E-state index in [1.165, 1.54) is 0 Å². The molecule has 6 heteroatoms. The smallest absolute Gasteiger partial charge is 0.348 e. The molecule has 0 spiro atoms. The molecule has 1 saturated heterocycles. The molecule has 1 aromatic heterocycles. The van der Waals surface area contributed by atoms with Crippen LogP contribution in [-0.2, 0) is 16.1 Å². The van der Waals surface area contributed by atoms with Gasteiger partial charge < -0.3 is 9.84 Å². The first-order valence-electron chi connectivity index (χ1n) is 7.34. The zero-order chi connectivity index (χ0) is 15.6. The summed E-state index contributed by atoms with van der Waals surface area (Å²) in [7, 11) is 0. The Balaban J connectivity index is 2.38. The van der Waals surface area contributed by atoms with E-state index >= 15 is 0 Å². The Bertz CT molecular complexity index is 588. The Morgan fingerprint density at radius 3 is 2.76 bits per heavy atom. The summed E-state index contributed by atoms with van der Waals surface area (Å²) in [5.41, 5.74) is 1.46. The van der Waals surface area contributed by atoms with Crippen LogP contribution in [-0.4, -0.2) is 33.3 Å². The second-order valence-corrected chi connectivity index (χ2v) is 5.64. The van der Waals surface area contributed by atoms with E-state index in [4.69, 9.17) is 4.74 Å². The molecule has 21 heavy (non-hydrogen) atoms. The van der Waals surface area contributed by atoms with Crippen molar-refractivity contribution in [2.75, 3.05) is 6.61 Å². The van der Waals surface area contributed by atoms with Gasteiger partial charge in [-0.15, -0.1) is 0 Å². The van der Waals surface area contributed by atoms with Crippen LogP contribution >= 0.6 is 0 Å². The second-order valence-electron chi connectivity index (χ2n) is 5.64. The summed E-state index contributed by atoms with van der Waals surface area (Å²) in [6, 6.07) is 0. The van der Waals surface area contributed by atoms with Gasteiger partial charge in [-0.2, -0.15) is 4.98 Å². The average molecular weight is 294 g/mol. The van der Waals surface area contributed by atoms with Gasteiger partial charge in [0.2, 0.25) is 0 Å². The number of aryl methyl sites for hydroxylation is 1. The molecule has 2 atom stereocenters. The highest BCUT2D eigenvalue weighted by Crippen LogP contribution is 2.22. The van der Waals surface area contributed by atoms with Gasteiger partial charge in [-0.3, -0.25) is 9.36 Å². The van der Waals surface area contributed by atoms with Crippen molar-refractivity contribution in [1.82, 2.24) is 9.55 Å². The van der Waals surface area contributed by atoms with E-state index in [9.17, 15) is 14.7 Å². The summed E-state index contributed by atoms with van der Waals surface area (Å²) in [6.45, 7) is 6.25. The quantitative estimate of drug-likeness (QED) is 0.912. The van der Waals surface area contributed by atoms with E-state index < -0.39 is 11.9 Å². The molecule has 6 nitrogen and oxygen atoms in total. The molecular weight excluding hydrogens is 272 g/mol. The maximum absolute atomic E-state index is 12.1. The molecule has 2 unspecified atom stereocenters. The third kappa shape index (κ3) is 3.32. The maximum atomic E-state index is 12.1. The van der Waals surface area contributed by atoms with Gasteiger partial charge in [-0.1, -0.05) is 0 Å². The topological polar surface area (TPSA) is 81.4 Å². The van der Waals surface area contributed by atoms with Gasteiger partial charge >= 0.3 is 11.7 Å². The van der Waals surface area contributed by atoms with E-state index in [1.54, 1.807) is 25.3 Å². The lowest BCUT2D eigenvalue weighted by atomic mass is 9.98. The summed E-state index contributed by atoms with van der Waals surface area (Å²) < 4.78 is 7.22. The van der Waals surface area contributed by atoms with Gasteiger partial charge in [0.05, 0.1) is 18.6 Å². The van der Waals surface area contributed by atoms with Crippen molar-refractivity contribution >= 4 is 5.97 Å². The average Bonchev–Trinajstić information content (AvgIpc) is 2.44. The summed E-state index contributed by atoms with van der Waals surface area (Å²) in [4.78, 5) is 27.4. The summed E-state index contributed by atoms with van der Waals surface area (Å²) in [5.74, 6) is -1.60. The Hall–Kier alpha value is -1.69. The van der Waals surface area contributed by atoms with Crippen molar-refractivity contribution in [2.24, 2.45) is 0 Å². The number of rotatable bonds is 4. The first-order valence-corrected chi connectivity index (χ1v) is 7.34. The predicted molar refractivity (Wildman–Crippen MR) is 77.6 cm³/mol. The highest BCUT2D eigenvalue weighted by atomic mass is 16.5. The van der Waals surface area contributed by atoms with Crippen molar-refractivity contribution in [3.05, 3.63) is 27.4 Å². The lowest BCUT2D eigenvalue weighted by Crippen LogP contribution is -2.35. The van der Waals surface area contributed by atoms with Crippen LogP contribution in [0.1, 0.15) is 49.1 Å². The molecule has 1 N–H and O–H groups in total. The third-order valence-electron chi connectivity index (χ3n) is 4.14. The monoisotopic (exact) mass is 294 g/mol. The third-order valence-corrected chi connectivity index (χ3v) is 4.14. The lowest BCUT2D eigenvalue weighted by Gasteiger charge is -2.25. The molecule has 1 aromatic rings. The zero-order valence-electron chi connectivity index (χ0n) is 12.8. The van der Waals surface area contributed by atoms with Crippen molar-refractivity contribution < 1.29 is 14.6 Å². The molecule has 1 aliphatic heterocycles. The molecular formula is C15H22N2O4. The first kappa shape index (κ1) is 15.7. The number of carboxylic acid groups (broad SMARTS) is 1. The normalized spacial score (nSPS) is 20.2. The number of carbonyl (C=O) groups is 1. The summed E-state index contributed by atoms with van der Waals surface area (Å²) in [5, 5.41) is 9.23. The molecule has 0 aromatic carbocycles. The van der Waals surface area contributed by atoms with Crippen LogP contribution in [0.25, 0.3) is 0 Å². The molecule has 0 aliphatic carbocycles. The van der Waals surface area contributed by atoms with E-state index in [0.717, 1.165) is 25.9 Å². The largest absolute Gasteiger partial charge is 0.481 e. The van der Waals surface area contributed by atoms with Gasteiger partial charge in [-0.25, -0.2) is 4.79 Å². The number of hydrogen-bond donors (Lipinski definition) is 1. The molecule has 1 fully saturated rings. The van der Waals surface area contributed by atoms with Crippen LogP contribution < -0.4 is 5.69 Å². The van der Waals surface area contributed by atoms with Crippen molar-refractivity contribution in [3.63, 3.8) is 0 Å². The van der Waals surface area contributed by atoms with Crippen LogP contribution in [0.15, 0.2) is 4.79 Å². The zero-order valence-corrected chi connectivity index (χ0v) is 12.8. The van der Waals surface area contributed by atoms with E-state index in [0.29, 0.717) is 23.5 Å². The molecule has 2 heterocycles. The molecule has 1 aliphatic rings. The standard InChI is InChI=1S/C15H22N2O4/c1-9(14(18)19)13-10(2)16-15(20)17(11(13)3)8-12-6-4-5-7-21-12/h9,12H,4-8H2,1-3H3,(H,18,19). The van der Waals surface area contributed by atoms with E-state index in [-0.39, 0.29) is 11.8 Å². The van der Waals surface area contributed by atoms with Gasteiger partial charge in [0, 0.05) is 23.6 Å².